The summed E-state index contributed by atoms with van der Waals surface area (Å²) < 4.78 is 23.5. The summed E-state index contributed by atoms with van der Waals surface area (Å²) in [4.78, 5) is 2.28. The number of rotatable bonds is 9. The minimum atomic E-state index is -0.233. The number of nitriles is 1. The molecule has 2 aromatic rings. The third-order valence-electron chi connectivity index (χ3n) is 5.72. The van der Waals surface area contributed by atoms with E-state index in [1.54, 1.807) is 4.57 Å². The molecule has 1 unspecified atom stereocenters. The van der Waals surface area contributed by atoms with Crippen LogP contribution in [-0.2, 0) is 24.4 Å². The zero-order valence-corrected chi connectivity index (χ0v) is 21.3. The fourth-order valence-corrected chi connectivity index (χ4v) is 4.52. The topological polar surface area (TPSA) is 82.0 Å². The maximum atomic E-state index is 13.2. The summed E-state index contributed by atoms with van der Waals surface area (Å²) in [7, 11) is 0. The van der Waals surface area contributed by atoms with Crippen LogP contribution in [0.1, 0.15) is 38.8 Å². The molecule has 1 saturated heterocycles. The summed E-state index contributed by atoms with van der Waals surface area (Å²) in [5, 5.41) is 22.0. The Morgan fingerprint density at radius 3 is 2.44 bits per heavy atom. The molecule has 7 nitrogen and oxygen atoms in total. The maximum absolute atomic E-state index is 13.2. The van der Waals surface area contributed by atoms with Gasteiger partial charge in [-0.05, 0) is 41.7 Å². The Hall–Kier alpha value is -2.54. The Balaban J connectivity index is 1.81. The van der Waals surface area contributed by atoms with Crippen molar-refractivity contribution < 1.29 is 9.13 Å². The van der Waals surface area contributed by atoms with Crippen LogP contribution in [0.2, 0.25) is 0 Å². The van der Waals surface area contributed by atoms with Crippen LogP contribution in [0, 0.1) is 39.2 Å². The van der Waals surface area contributed by atoms with Gasteiger partial charge < -0.3 is 19.2 Å². The molecule has 0 radical (unpaired) electrons. The molecule has 1 aromatic carbocycles. The minimum Gasteiger partial charge on any atom is -0.374 e. The molecule has 184 valence electrons. The van der Waals surface area contributed by atoms with Gasteiger partial charge in [0.05, 0.1) is 12.7 Å². The number of halogens is 1. The molecule has 1 fully saturated rings. The lowest BCUT2D eigenvalue weighted by molar-refractivity contribution is -0.0241. The van der Waals surface area contributed by atoms with Crippen LogP contribution < -0.4 is 10.8 Å². The van der Waals surface area contributed by atoms with Crippen molar-refractivity contribution in [2.24, 2.45) is 11.8 Å². The highest BCUT2D eigenvalue weighted by molar-refractivity contribution is 7.71. The van der Waals surface area contributed by atoms with Gasteiger partial charge in [0.25, 0.3) is 0 Å². The molecule has 3 rings (SSSR count). The zero-order chi connectivity index (χ0) is 24.8. The molecule has 2 N–H and O–H groups in total. The van der Waals surface area contributed by atoms with Crippen molar-refractivity contribution in [1.82, 2.24) is 14.0 Å². The Labute approximate surface area is 206 Å². The van der Waals surface area contributed by atoms with Gasteiger partial charge in [-0.2, -0.15) is 5.26 Å². The van der Waals surface area contributed by atoms with E-state index in [1.807, 2.05) is 16.7 Å². The van der Waals surface area contributed by atoms with Crippen molar-refractivity contribution in [2.75, 3.05) is 31.6 Å². The van der Waals surface area contributed by atoms with Crippen LogP contribution in [-0.4, -0.2) is 46.4 Å². The number of benzene rings is 1. The van der Waals surface area contributed by atoms with E-state index in [0.29, 0.717) is 60.8 Å². The highest BCUT2D eigenvalue weighted by atomic mass is 32.1. The Bertz CT molecular complexity index is 1130. The van der Waals surface area contributed by atoms with Crippen LogP contribution >= 0.6 is 12.2 Å². The van der Waals surface area contributed by atoms with Crippen molar-refractivity contribution in [3.8, 4) is 6.07 Å². The molecule has 9 heteroatoms. The highest BCUT2D eigenvalue weighted by Gasteiger charge is 2.23. The minimum absolute atomic E-state index is 0.0843. The van der Waals surface area contributed by atoms with E-state index in [1.165, 1.54) is 12.1 Å². The van der Waals surface area contributed by atoms with E-state index in [9.17, 15) is 9.65 Å². The summed E-state index contributed by atoms with van der Waals surface area (Å²) in [5.41, 5.74) is 1.50. The van der Waals surface area contributed by atoms with Crippen LogP contribution in [0.5, 0.6) is 0 Å². The zero-order valence-electron chi connectivity index (χ0n) is 20.5. The molecule has 1 aliphatic heterocycles. The molecule has 2 heterocycles. The molecule has 0 amide bonds. The van der Waals surface area contributed by atoms with Crippen LogP contribution in [0.3, 0.4) is 0 Å². The van der Waals surface area contributed by atoms with Gasteiger partial charge in [0.1, 0.15) is 28.8 Å². The van der Waals surface area contributed by atoms with Crippen molar-refractivity contribution >= 4 is 18.0 Å². The first-order valence-electron chi connectivity index (χ1n) is 11.8. The smallest absolute Gasteiger partial charge is 0.182 e. The van der Waals surface area contributed by atoms with E-state index in [-0.39, 0.29) is 17.4 Å². The normalized spacial score (nSPS) is 16.7. The van der Waals surface area contributed by atoms with Crippen molar-refractivity contribution in [3.05, 3.63) is 51.5 Å². The summed E-state index contributed by atoms with van der Waals surface area (Å²) in [6.07, 6.45) is -0.0843. The van der Waals surface area contributed by atoms with E-state index in [2.05, 4.69) is 44.0 Å². The molecule has 0 bridgehead atoms. The van der Waals surface area contributed by atoms with Gasteiger partial charge >= 0.3 is 0 Å². The maximum Gasteiger partial charge on any atom is 0.182 e. The van der Waals surface area contributed by atoms with E-state index >= 15 is 0 Å². The molecular formula is C25H35FN6OS. The summed E-state index contributed by atoms with van der Waals surface area (Å²) >= 11 is 5.77. The highest BCUT2D eigenvalue weighted by Crippen LogP contribution is 2.18. The van der Waals surface area contributed by atoms with Gasteiger partial charge in [-0.25, -0.2) is 4.39 Å². The first-order chi connectivity index (χ1) is 16.2. The number of morpholine rings is 1. The Morgan fingerprint density at radius 2 is 1.82 bits per heavy atom. The predicted molar refractivity (Wildman–Crippen MR) is 133 cm³/mol. The van der Waals surface area contributed by atoms with Gasteiger partial charge in [0.15, 0.2) is 4.77 Å². The Morgan fingerprint density at radius 1 is 1.18 bits per heavy atom. The largest absolute Gasteiger partial charge is 0.374 e. The van der Waals surface area contributed by atoms with Gasteiger partial charge in [-0.15, -0.1) is 0 Å². The number of ether oxygens (including phenoxy) is 1. The fraction of sp³-hybridized carbons (Fsp3) is 0.560. The van der Waals surface area contributed by atoms with Crippen molar-refractivity contribution in [2.45, 2.75) is 53.4 Å². The second-order valence-corrected chi connectivity index (χ2v) is 10.1. The van der Waals surface area contributed by atoms with Crippen molar-refractivity contribution in [1.29, 1.82) is 10.7 Å². The molecular weight excluding hydrogens is 451 g/mol. The standard InChI is InChI=1S/C25H35FN6OS/c1-17(2)13-31-23(28)22(11-27)24(32(25(31)34)14-18(3)4)29-12-21-16-30(9-10-33-21)15-19-5-7-20(26)8-6-19/h5-8,17-18,21,28-29H,9-10,12-16H2,1-4H3. The average molecular weight is 487 g/mol. The molecule has 0 saturated carbocycles. The molecule has 1 atom stereocenters. The second-order valence-electron chi connectivity index (χ2n) is 9.71. The van der Waals surface area contributed by atoms with Crippen LogP contribution in [0.25, 0.3) is 0 Å². The van der Waals surface area contributed by atoms with E-state index < -0.39 is 0 Å². The third-order valence-corrected chi connectivity index (χ3v) is 6.16. The molecule has 34 heavy (non-hydrogen) atoms. The van der Waals surface area contributed by atoms with Gasteiger partial charge in [-0.3, -0.25) is 10.3 Å². The predicted octanol–water partition coefficient (Wildman–Crippen LogP) is 4.13. The van der Waals surface area contributed by atoms with Crippen LogP contribution in [0.15, 0.2) is 24.3 Å². The quantitative estimate of drug-likeness (QED) is 0.521. The van der Waals surface area contributed by atoms with Crippen LogP contribution in [0.4, 0.5) is 10.2 Å². The third kappa shape index (κ3) is 6.53. The SMILES string of the molecule is CC(C)Cn1c(NCC2CN(Cc3ccc(F)cc3)CCO2)c(C#N)c(=N)n(CC(C)C)c1=S. The number of nitrogens with zero attached hydrogens (tertiary/aromatic N) is 4. The lowest BCUT2D eigenvalue weighted by atomic mass is 10.1. The fourth-order valence-electron chi connectivity index (χ4n) is 4.18. The van der Waals surface area contributed by atoms with Gasteiger partial charge in [-0.1, -0.05) is 39.8 Å². The lowest BCUT2D eigenvalue weighted by Crippen LogP contribution is -2.45. The number of nitrogens with one attached hydrogen (secondary N) is 2. The number of anilines is 1. The molecule has 1 aliphatic rings. The van der Waals surface area contributed by atoms with E-state index in [4.69, 9.17) is 22.4 Å². The first kappa shape index (κ1) is 26.1. The number of hydrogen-bond donors (Lipinski definition) is 2. The summed E-state index contributed by atoms with van der Waals surface area (Å²) in [6.45, 7) is 12.9. The first-order valence-corrected chi connectivity index (χ1v) is 12.2. The summed E-state index contributed by atoms with van der Waals surface area (Å²) in [5.74, 6) is 0.977. The average Bonchev–Trinajstić information content (AvgIpc) is 2.79. The number of aromatic nitrogens is 2. The molecule has 1 aromatic heterocycles. The second kappa shape index (κ2) is 11.7. The van der Waals surface area contributed by atoms with E-state index in [0.717, 1.165) is 18.7 Å². The molecule has 0 aliphatic carbocycles. The Kier molecular flexibility index (Phi) is 9.00. The lowest BCUT2D eigenvalue weighted by Gasteiger charge is -2.33. The van der Waals surface area contributed by atoms with Gasteiger partial charge in [0, 0.05) is 39.3 Å². The summed E-state index contributed by atoms with van der Waals surface area (Å²) in [6, 6.07) is 8.82. The molecule has 0 spiro atoms. The monoisotopic (exact) mass is 486 g/mol. The van der Waals surface area contributed by atoms with Crippen molar-refractivity contribution in [3.63, 3.8) is 0 Å². The van der Waals surface area contributed by atoms with Gasteiger partial charge in [0.2, 0.25) is 0 Å². The number of hydrogen-bond acceptors (Lipinski definition) is 6.